The number of rotatable bonds is 5. The van der Waals surface area contributed by atoms with E-state index in [1.54, 1.807) is 24.3 Å². The van der Waals surface area contributed by atoms with Crippen molar-refractivity contribution in [2.75, 3.05) is 0 Å². The van der Waals surface area contributed by atoms with Crippen molar-refractivity contribution in [3.8, 4) is 67.9 Å². The second kappa shape index (κ2) is 11.9. The summed E-state index contributed by atoms with van der Waals surface area (Å²) in [5.74, 6) is 1.82. The number of furan rings is 1. The molecule has 0 aliphatic heterocycles. The second-order valence-electron chi connectivity index (χ2n) is 13.7. The van der Waals surface area contributed by atoms with Crippen LogP contribution in [0.4, 0.5) is 0 Å². The van der Waals surface area contributed by atoms with Crippen LogP contribution in [0.1, 0.15) is 33.1 Å². The molecule has 3 aromatic heterocycles. The minimum Gasteiger partial charge on any atom is -0.455 e. The normalized spacial score (nSPS) is 15.1. The molecule has 6 nitrogen and oxygen atoms in total. The molecular weight excluding hydrogens is 677 g/mol. The second-order valence-corrected chi connectivity index (χ2v) is 13.7. The summed E-state index contributed by atoms with van der Waals surface area (Å²) in [6.45, 7) is -5.98. The molecule has 0 saturated heterocycles. The molecule has 0 spiro atoms. The molecule has 0 N–H and O–H groups in total. The van der Waals surface area contributed by atoms with Crippen LogP contribution in [0.5, 0.6) is 0 Å². The van der Waals surface area contributed by atoms with Crippen LogP contribution in [-0.2, 0) is 5.41 Å². The predicted octanol–water partition coefficient (Wildman–Crippen LogP) is 12.6. The number of para-hydroxylation sites is 2. The SMILES string of the molecule is [2H]C([2H])([2H])C1(C([2H])([2H])[2H])c2cc(-c3cccc4c3oc3c(-c5nc(-c6ccccc6)nc(-c6ccccc6)n5)cccc34)ccc2-c2c1ccc1nc(-c3ccccc3)oc21. The van der Waals surface area contributed by atoms with Crippen molar-refractivity contribution >= 4 is 33.0 Å². The lowest BCUT2D eigenvalue weighted by Gasteiger charge is -2.22. The summed E-state index contributed by atoms with van der Waals surface area (Å²) in [6.07, 6.45) is 0. The fourth-order valence-corrected chi connectivity index (χ4v) is 7.81. The van der Waals surface area contributed by atoms with E-state index in [0.717, 1.165) is 27.5 Å². The van der Waals surface area contributed by atoms with E-state index in [0.29, 0.717) is 73.4 Å². The summed E-state index contributed by atoms with van der Waals surface area (Å²) in [5, 5.41) is 1.64. The van der Waals surface area contributed by atoms with Gasteiger partial charge in [-0.25, -0.2) is 19.9 Å². The van der Waals surface area contributed by atoms with Crippen molar-refractivity contribution in [2.24, 2.45) is 0 Å². The number of benzene rings is 7. The monoisotopic (exact) mass is 714 g/mol. The molecule has 0 unspecified atom stereocenters. The smallest absolute Gasteiger partial charge is 0.227 e. The van der Waals surface area contributed by atoms with E-state index in [1.165, 1.54) is 0 Å². The molecule has 0 fully saturated rings. The fraction of sp³-hybridized carbons (Fsp3) is 0.0612. The zero-order chi connectivity index (χ0) is 41.7. The minimum absolute atomic E-state index is 0.150. The highest BCUT2D eigenvalue weighted by molar-refractivity contribution is 6.13. The molecule has 11 rings (SSSR count). The van der Waals surface area contributed by atoms with E-state index in [9.17, 15) is 0 Å². The number of nitrogens with zero attached hydrogens (tertiary/aromatic N) is 4. The molecule has 55 heavy (non-hydrogen) atoms. The number of oxazole rings is 1. The third kappa shape index (κ3) is 4.88. The Morgan fingerprint density at radius 1 is 0.436 bits per heavy atom. The van der Waals surface area contributed by atoms with E-state index in [4.69, 9.17) is 37.0 Å². The van der Waals surface area contributed by atoms with Gasteiger partial charge >= 0.3 is 0 Å². The van der Waals surface area contributed by atoms with Gasteiger partial charge in [-0.1, -0.05) is 141 Å². The van der Waals surface area contributed by atoms with Crippen LogP contribution in [0.15, 0.2) is 167 Å². The van der Waals surface area contributed by atoms with E-state index in [2.05, 4.69) is 0 Å². The lowest BCUT2D eigenvalue weighted by molar-refractivity contribution is 0.618. The topological polar surface area (TPSA) is 77.8 Å². The maximum Gasteiger partial charge on any atom is 0.227 e. The van der Waals surface area contributed by atoms with Gasteiger partial charge in [-0.2, -0.15) is 0 Å². The highest BCUT2D eigenvalue weighted by Crippen LogP contribution is 2.53. The molecule has 0 atom stereocenters. The Hall–Kier alpha value is -7.18. The zero-order valence-corrected chi connectivity index (χ0v) is 29.1. The Bertz CT molecular complexity index is 3270. The van der Waals surface area contributed by atoms with Crippen LogP contribution in [0, 0.1) is 0 Å². The zero-order valence-electron chi connectivity index (χ0n) is 35.1. The van der Waals surface area contributed by atoms with Gasteiger partial charge in [0, 0.05) is 52.2 Å². The molecule has 1 aliphatic rings. The van der Waals surface area contributed by atoms with Crippen LogP contribution >= 0.6 is 0 Å². The van der Waals surface area contributed by atoms with Gasteiger partial charge in [-0.15, -0.1) is 0 Å². The molecule has 0 saturated carbocycles. The predicted molar refractivity (Wildman–Crippen MR) is 219 cm³/mol. The summed E-state index contributed by atoms with van der Waals surface area (Å²) in [4.78, 5) is 19.5. The van der Waals surface area contributed by atoms with Gasteiger partial charge in [0.1, 0.15) is 16.7 Å². The molecule has 1 aliphatic carbocycles. The van der Waals surface area contributed by atoms with Crippen LogP contribution < -0.4 is 0 Å². The van der Waals surface area contributed by atoms with E-state index in [-0.39, 0.29) is 11.1 Å². The Labute approximate surface area is 325 Å². The van der Waals surface area contributed by atoms with Crippen LogP contribution in [0.2, 0.25) is 0 Å². The highest BCUT2D eigenvalue weighted by Gasteiger charge is 2.38. The Morgan fingerprint density at radius 3 is 1.69 bits per heavy atom. The van der Waals surface area contributed by atoms with Crippen LogP contribution in [0.25, 0.3) is 101 Å². The average molecular weight is 715 g/mol. The Balaban J connectivity index is 1.12. The quantitative estimate of drug-likeness (QED) is 0.177. The maximum atomic E-state index is 8.96. The molecule has 10 aromatic rings. The summed E-state index contributed by atoms with van der Waals surface area (Å²) in [6, 6.07) is 49.1. The highest BCUT2D eigenvalue weighted by atomic mass is 16.3. The van der Waals surface area contributed by atoms with Gasteiger partial charge in [0.05, 0.1) is 5.56 Å². The first-order valence-electron chi connectivity index (χ1n) is 21.0. The number of hydrogen-bond donors (Lipinski definition) is 0. The number of aromatic nitrogens is 4. The van der Waals surface area contributed by atoms with E-state index in [1.807, 2.05) is 133 Å². The summed E-state index contributed by atoms with van der Waals surface area (Å²) in [7, 11) is 0. The van der Waals surface area contributed by atoms with Gasteiger partial charge in [0.25, 0.3) is 0 Å². The van der Waals surface area contributed by atoms with E-state index < -0.39 is 19.1 Å². The van der Waals surface area contributed by atoms with Gasteiger partial charge in [-0.3, -0.25) is 0 Å². The third-order valence-electron chi connectivity index (χ3n) is 10.5. The molecule has 0 amide bonds. The largest absolute Gasteiger partial charge is 0.455 e. The Kier molecular flexibility index (Phi) is 5.58. The van der Waals surface area contributed by atoms with Gasteiger partial charge in [0.15, 0.2) is 23.1 Å². The molecule has 0 radical (unpaired) electrons. The first kappa shape index (κ1) is 25.7. The standard InChI is InChI=1S/C49H32N4O2/c1-49(2)38-26-27-40-44(55-48(50-40)31-18-10-5-11-19-31)41(38)36-25-24-32(28-39(36)49)33-20-12-21-34-35-22-13-23-37(43(35)54-42(33)34)47-52-45(29-14-6-3-7-15-29)51-46(53-47)30-16-8-4-9-17-30/h3-28H,1-2H3/i1D3,2D3. The maximum absolute atomic E-state index is 8.96. The lowest BCUT2D eigenvalue weighted by atomic mass is 9.81. The van der Waals surface area contributed by atoms with Gasteiger partial charge < -0.3 is 8.83 Å². The van der Waals surface area contributed by atoms with Crippen LogP contribution in [-0.4, -0.2) is 19.9 Å². The minimum atomic E-state index is -2.99. The van der Waals surface area contributed by atoms with Crippen molar-refractivity contribution in [1.29, 1.82) is 0 Å². The molecule has 0 bridgehead atoms. The van der Waals surface area contributed by atoms with Crippen molar-refractivity contribution in [3.63, 3.8) is 0 Å². The third-order valence-corrected chi connectivity index (χ3v) is 10.5. The summed E-state index contributed by atoms with van der Waals surface area (Å²) in [5.41, 5.74) is 5.06. The Morgan fingerprint density at radius 2 is 1.04 bits per heavy atom. The van der Waals surface area contributed by atoms with Crippen molar-refractivity contribution in [2.45, 2.75) is 19.1 Å². The first-order chi connectivity index (χ1) is 29.5. The van der Waals surface area contributed by atoms with Crippen molar-refractivity contribution in [1.82, 2.24) is 19.9 Å². The molecule has 7 aromatic carbocycles. The van der Waals surface area contributed by atoms with Crippen molar-refractivity contribution < 1.29 is 17.1 Å². The summed E-state index contributed by atoms with van der Waals surface area (Å²) < 4.78 is 67.0. The van der Waals surface area contributed by atoms with Gasteiger partial charge in [0.2, 0.25) is 5.89 Å². The van der Waals surface area contributed by atoms with E-state index >= 15 is 0 Å². The van der Waals surface area contributed by atoms with Gasteiger partial charge in [-0.05, 0) is 52.6 Å². The molecular formula is C49H32N4O2. The molecule has 260 valence electrons. The first-order valence-corrected chi connectivity index (χ1v) is 18.0. The average Bonchev–Trinajstić information content (AvgIpc) is 3.97. The fourth-order valence-electron chi connectivity index (χ4n) is 7.81. The number of fused-ring (bicyclic) bond motifs is 8. The summed E-state index contributed by atoms with van der Waals surface area (Å²) >= 11 is 0. The lowest BCUT2D eigenvalue weighted by Crippen LogP contribution is -2.14. The molecule has 3 heterocycles. The molecule has 6 heteroatoms. The number of hydrogen-bond acceptors (Lipinski definition) is 6. The van der Waals surface area contributed by atoms with Crippen molar-refractivity contribution in [3.05, 3.63) is 169 Å². The van der Waals surface area contributed by atoms with Crippen LogP contribution in [0.3, 0.4) is 0 Å².